The molecule has 0 amide bonds. The molecule has 0 spiro atoms. The van der Waals surface area contributed by atoms with E-state index in [-0.39, 0.29) is 12.5 Å². The quantitative estimate of drug-likeness (QED) is 0.705. The van der Waals surface area contributed by atoms with Gasteiger partial charge in [0.1, 0.15) is 0 Å². The minimum Gasteiger partial charge on any atom is -0.479 e. The highest BCUT2D eigenvalue weighted by Crippen LogP contribution is 2.51. The van der Waals surface area contributed by atoms with Gasteiger partial charge in [0.2, 0.25) is 5.67 Å². The molecule has 4 heteroatoms. The molecule has 1 saturated carbocycles. The molecular formula is C10H16FNO2. The van der Waals surface area contributed by atoms with Crippen molar-refractivity contribution in [1.29, 1.82) is 0 Å². The summed E-state index contributed by atoms with van der Waals surface area (Å²) in [4.78, 5) is 11.0. The van der Waals surface area contributed by atoms with Crippen molar-refractivity contribution in [3.8, 4) is 0 Å². The van der Waals surface area contributed by atoms with Crippen LogP contribution in [0.15, 0.2) is 0 Å². The fourth-order valence-corrected chi connectivity index (χ4v) is 2.67. The van der Waals surface area contributed by atoms with Crippen molar-refractivity contribution in [1.82, 2.24) is 5.32 Å². The molecule has 2 atom stereocenters. The van der Waals surface area contributed by atoms with Crippen molar-refractivity contribution in [2.75, 3.05) is 13.1 Å². The minimum atomic E-state index is -2.07. The number of aliphatic carboxylic acids is 1. The molecule has 2 aliphatic rings. The summed E-state index contributed by atoms with van der Waals surface area (Å²) in [5.41, 5.74) is -2.78. The van der Waals surface area contributed by atoms with Crippen molar-refractivity contribution in [2.45, 2.75) is 31.9 Å². The third kappa shape index (κ3) is 1.03. The van der Waals surface area contributed by atoms with E-state index >= 15 is 0 Å². The number of alkyl halides is 1. The lowest BCUT2D eigenvalue weighted by Gasteiger charge is -2.44. The number of rotatable bonds is 2. The van der Waals surface area contributed by atoms with Crippen LogP contribution in [0.3, 0.4) is 0 Å². The molecule has 0 aromatic rings. The van der Waals surface area contributed by atoms with Crippen molar-refractivity contribution >= 4 is 5.97 Å². The van der Waals surface area contributed by atoms with Crippen LogP contribution in [-0.2, 0) is 4.79 Å². The first-order valence-electron chi connectivity index (χ1n) is 5.14. The zero-order valence-corrected chi connectivity index (χ0v) is 8.35. The second-order valence-corrected chi connectivity index (χ2v) is 4.76. The van der Waals surface area contributed by atoms with Crippen LogP contribution in [0.5, 0.6) is 0 Å². The normalized spacial score (nSPS) is 43.6. The lowest BCUT2D eigenvalue weighted by Crippen LogP contribution is -2.53. The monoisotopic (exact) mass is 201 g/mol. The van der Waals surface area contributed by atoms with Gasteiger partial charge in [0.15, 0.2) is 0 Å². The standard InChI is InChI=1S/C10H16FNO2/c1-9(7-3-2-4-7)5-12-6-10(9,11)8(13)14/h7,12H,2-6H2,1H3,(H,13,14). The van der Waals surface area contributed by atoms with Gasteiger partial charge in [-0.2, -0.15) is 0 Å². The zero-order chi connectivity index (χ0) is 10.4. The molecule has 1 heterocycles. The van der Waals surface area contributed by atoms with Gasteiger partial charge in [-0.1, -0.05) is 13.3 Å². The van der Waals surface area contributed by atoms with Crippen LogP contribution in [0.25, 0.3) is 0 Å². The van der Waals surface area contributed by atoms with E-state index in [1.165, 1.54) is 0 Å². The number of halogens is 1. The second-order valence-electron chi connectivity index (χ2n) is 4.76. The molecule has 0 bridgehead atoms. The van der Waals surface area contributed by atoms with Crippen molar-refractivity contribution in [3.63, 3.8) is 0 Å². The average molecular weight is 201 g/mol. The molecule has 2 N–H and O–H groups in total. The highest BCUT2D eigenvalue weighted by atomic mass is 19.1. The van der Waals surface area contributed by atoms with E-state index in [4.69, 9.17) is 5.11 Å². The Bertz CT molecular complexity index is 267. The smallest absolute Gasteiger partial charge is 0.343 e. The van der Waals surface area contributed by atoms with E-state index in [2.05, 4.69) is 5.32 Å². The summed E-state index contributed by atoms with van der Waals surface area (Å²) in [7, 11) is 0. The Hall–Kier alpha value is -0.640. The maximum absolute atomic E-state index is 14.3. The summed E-state index contributed by atoms with van der Waals surface area (Å²) in [6.07, 6.45) is 3.05. The Balaban J connectivity index is 2.27. The van der Waals surface area contributed by atoms with Gasteiger partial charge in [0, 0.05) is 18.5 Å². The van der Waals surface area contributed by atoms with E-state index < -0.39 is 17.1 Å². The van der Waals surface area contributed by atoms with Crippen LogP contribution in [0, 0.1) is 11.3 Å². The minimum absolute atomic E-state index is 0.0463. The fraction of sp³-hybridized carbons (Fsp3) is 0.900. The molecule has 1 saturated heterocycles. The first kappa shape index (κ1) is 9.90. The van der Waals surface area contributed by atoms with Crippen LogP contribution in [0.1, 0.15) is 26.2 Å². The number of hydrogen-bond donors (Lipinski definition) is 2. The van der Waals surface area contributed by atoms with Crippen LogP contribution >= 0.6 is 0 Å². The summed E-state index contributed by atoms with van der Waals surface area (Å²) in [5.74, 6) is -1.07. The molecule has 14 heavy (non-hydrogen) atoms. The zero-order valence-electron chi connectivity index (χ0n) is 8.35. The van der Waals surface area contributed by atoms with E-state index in [9.17, 15) is 9.18 Å². The van der Waals surface area contributed by atoms with Crippen molar-refractivity contribution in [3.05, 3.63) is 0 Å². The Kier molecular flexibility index (Phi) is 2.07. The molecule has 2 unspecified atom stereocenters. The highest BCUT2D eigenvalue weighted by molar-refractivity contribution is 5.79. The maximum Gasteiger partial charge on any atom is 0.343 e. The van der Waals surface area contributed by atoms with Crippen LogP contribution < -0.4 is 5.32 Å². The Morgan fingerprint density at radius 2 is 2.14 bits per heavy atom. The average Bonchev–Trinajstić information content (AvgIpc) is 2.26. The largest absolute Gasteiger partial charge is 0.479 e. The Morgan fingerprint density at radius 1 is 1.50 bits per heavy atom. The third-order valence-electron chi connectivity index (χ3n) is 4.11. The van der Waals surface area contributed by atoms with Gasteiger partial charge in [-0.3, -0.25) is 0 Å². The van der Waals surface area contributed by atoms with Gasteiger partial charge < -0.3 is 10.4 Å². The molecule has 3 nitrogen and oxygen atoms in total. The Labute approximate surface area is 82.7 Å². The van der Waals surface area contributed by atoms with Crippen LogP contribution in [0.4, 0.5) is 4.39 Å². The maximum atomic E-state index is 14.3. The number of carbonyl (C=O) groups is 1. The molecule has 0 aromatic heterocycles. The summed E-state index contributed by atoms with van der Waals surface area (Å²) in [6.45, 7) is 2.21. The van der Waals surface area contributed by atoms with Crippen LogP contribution in [-0.4, -0.2) is 29.8 Å². The Morgan fingerprint density at radius 3 is 2.57 bits per heavy atom. The molecule has 1 aliphatic heterocycles. The predicted octanol–water partition coefficient (Wildman–Crippen LogP) is 1.19. The van der Waals surface area contributed by atoms with Crippen molar-refractivity contribution in [2.24, 2.45) is 11.3 Å². The second kappa shape index (κ2) is 2.92. The molecule has 0 radical (unpaired) electrons. The first-order chi connectivity index (χ1) is 6.51. The number of carboxylic acid groups (broad SMARTS) is 1. The molecule has 1 aliphatic carbocycles. The molecule has 80 valence electrons. The first-order valence-corrected chi connectivity index (χ1v) is 5.14. The lowest BCUT2D eigenvalue weighted by atomic mass is 9.60. The number of carboxylic acids is 1. The summed E-state index contributed by atoms with van der Waals surface area (Å²) < 4.78 is 14.3. The summed E-state index contributed by atoms with van der Waals surface area (Å²) >= 11 is 0. The summed E-state index contributed by atoms with van der Waals surface area (Å²) in [5, 5.41) is 11.8. The SMILES string of the molecule is CC1(C2CCC2)CNCC1(F)C(=O)O. The van der Waals surface area contributed by atoms with E-state index in [1.54, 1.807) is 6.92 Å². The van der Waals surface area contributed by atoms with E-state index in [0.29, 0.717) is 6.54 Å². The molecule has 2 rings (SSSR count). The number of hydrogen-bond acceptors (Lipinski definition) is 2. The third-order valence-corrected chi connectivity index (χ3v) is 4.11. The van der Waals surface area contributed by atoms with Gasteiger partial charge >= 0.3 is 5.97 Å². The number of nitrogens with one attached hydrogen (secondary N) is 1. The van der Waals surface area contributed by atoms with Crippen molar-refractivity contribution < 1.29 is 14.3 Å². The van der Waals surface area contributed by atoms with Gasteiger partial charge in [-0.05, 0) is 18.8 Å². The highest BCUT2D eigenvalue weighted by Gasteiger charge is 2.62. The lowest BCUT2D eigenvalue weighted by molar-refractivity contribution is -0.161. The van der Waals surface area contributed by atoms with Gasteiger partial charge in [-0.25, -0.2) is 9.18 Å². The van der Waals surface area contributed by atoms with E-state index in [1.807, 2.05) is 0 Å². The predicted molar refractivity (Wildman–Crippen MR) is 49.8 cm³/mol. The topological polar surface area (TPSA) is 49.3 Å². The summed E-state index contributed by atoms with van der Waals surface area (Å²) in [6, 6.07) is 0. The fourth-order valence-electron chi connectivity index (χ4n) is 2.67. The van der Waals surface area contributed by atoms with Crippen LogP contribution in [0.2, 0.25) is 0 Å². The van der Waals surface area contributed by atoms with Gasteiger partial charge in [0.05, 0.1) is 0 Å². The molecule has 2 fully saturated rings. The van der Waals surface area contributed by atoms with Gasteiger partial charge in [0.25, 0.3) is 0 Å². The molecular weight excluding hydrogens is 185 g/mol. The van der Waals surface area contributed by atoms with E-state index in [0.717, 1.165) is 19.3 Å². The van der Waals surface area contributed by atoms with Gasteiger partial charge in [-0.15, -0.1) is 0 Å². The molecule has 0 aromatic carbocycles.